The molecule has 0 unspecified atom stereocenters. The summed E-state index contributed by atoms with van der Waals surface area (Å²) in [5.41, 5.74) is 3.47. The fourth-order valence-electron chi connectivity index (χ4n) is 3.05. The van der Waals surface area contributed by atoms with Gasteiger partial charge < -0.3 is 10.2 Å². The summed E-state index contributed by atoms with van der Waals surface area (Å²) in [6.45, 7) is 3.65. The zero-order chi connectivity index (χ0) is 20.3. The van der Waals surface area contributed by atoms with Crippen molar-refractivity contribution in [2.75, 3.05) is 0 Å². The minimum absolute atomic E-state index is 0.0382. The summed E-state index contributed by atoms with van der Waals surface area (Å²) in [4.78, 5) is 15.0. The highest BCUT2D eigenvalue weighted by Gasteiger charge is 2.18. The van der Waals surface area contributed by atoms with E-state index < -0.39 is 10.7 Å². The van der Waals surface area contributed by atoms with E-state index in [4.69, 9.17) is 0 Å². The van der Waals surface area contributed by atoms with Gasteiger partial charge in [0, 0.05) is 17.8 Å². The standard InChI is InChI=1S/C22H20N2O4/c1-14-8-15(2)21(25)19(9-14)23-13-18-11-17(10-16-6-4-3-5-7-16)12-20(22(18)26)24(27)28/h3-9,11-13,25-26H,10H2,1-2H3. The van der Waals surface area contributed by atoms with E-state index in [9.17, 15) is 20.3 Å². The number of nitro groups is 1. The van der Waals surface area contributed by atoms with Crippen LogP contribution in [0.1, 0.15) is 27.8 Å². The fraction of sp³-hybridized carbons (Fsp3) is 0.136. The topological polar surface area (TPSA) is 96.0 Å². The van der Waals surface area contributed by atoms with Crippen LogP contribution >= 0.6 is 0 Å². The van der Waals surface area contributed by atoms with Crippen molar-refractivity contribution in [3.8, 4) is 11.5 Å². The second-order valence-electron chi connectivity index (χ2n) is 6.68. The molecule has 0 spiro atoms. The van der Waals surface area contributed by atoms with E-state index >= 15 is 0 Å². The number of phenolic OH excluding ortho intramolecular Hbond substituents is 2. The summed E-state index contributed by atoms with van der Waals surface area (Å²) in [6, 6.07) is 16.1. The van der Waals surface area contributed by atoms with Gasteiger partial charge in [-0.15, -0.1) is 0 Å². The number of nitrogens with zero attached hydrogens (tertiary/aromatic N) is 2. The van der Waals surface area contributed by atoms with Crippen molar-refractivity contribution in [2.24, 2.45) is 4.99 Å². The Kier molecular flexibility index (Phi) is 5.40. The molecule has 28 heavy (non-hydrogen) atoms. The molecule has 0 heterocycles. The monoisotopic (exact) mass is 376 g/mol. The molecular weight excluding hydrogens is 356 g/mol. The molecule has 0 saturated heterocycles. The molecule has 0 amide bonds. The summed E-state index contributed by atoms with van der Waals surface area (Å²) in [5.74, 6) is -0.411. The fourth-order valence-corrected chi connectivity index (χ4v) is 3.05. The molecule has 2 N–H and O–H groups in total. The van der Waals surface area contributed by atoms with E-state index in [1.807, 2.05) is 43.3 Å². The first-order valence-corrected chi connectivity index (χ1v) is 8.73. The number of hydrogen-bond donors (Lipinski definition) is 2. The lowest BCUT2D eigenvalue weighted by Crippen LogP contribution is -1.97. The number of nitro benzene ring substituents is 1. The molecule has 0 aliphatic heterocycles. The van der Waals surface area contributed by atoms with Gasteiger partial charge in [-0.05, 0) is 54.7 Å². The molecule has 0 bridgehead atoms. The molecule has 3 rings (SSSR count). The quantitative estimate of drug-likeness (QED) is 0.373. The van der Waals surface area contributed by atoms with Crippen LogP contribution in [0.5, 0.6) is 11.5 Å². The number of aromatic hydroxyl groups is 2. The highest BCUT2D eigenvalue weighted by molar-refractivity contribution is 5.88. The maximum Gasteiger partial charge on any atom is 0.311 e. The van der Waals surface area contributed by atoms with Crippen molar-refractivity contribution in [3.05, 3.63) is 92.5 Å². The van der Waals surface area contributed by atoms with Gasteiger partial charge in [0.05, 0.1) is 4.92 Å². The lowest BCUT2D eigenvalue weighted by Gasteiger charge is -2.07. The van der Waals surface area contributed by atoms with Crippen molar-refractivity contribution < 1.29 is 15.1 Å². The first-order chi connectivity index (χ1) is 13.3. The zero-order valence-electron chi connectivity index (χ0n) is 15.6. The zero-order valence-corrected chi connectivity index (χ0v) is 15.6. The molecule has 0 aliphatic rings. The summed E-state index contributed by atoms with van der Waals surface area (Å²) in [5, 5.41) is 31.8. The van der Waals surface area contributed by atoms with Crippen LogP contribution in [0.4, 0.5) is 11.4 Å². The predicted octanol–water partition coefficient (Wildman–Crippen LogP) is 4.96. The molecule has 6 heteroatoms. The Labute approximate surface area is 162 Å². The summed E-state index contributed by atoms with van der Waals surface area (Å²) in [6.07, 6.45) is 1.82. The second kappa shape index (κ2) is 7.92. The summed E-state index contributed by atoms with van der Waals surface area (Å²) < 4.78 is 0. The first-order valence-electron chi connectivity index (χ1n) is 8.73. The van der Waals surface area contributed by atoms with Crippen molar-refractivity contribution in [3.63, 3.8) is 0 Å². The van der Waals surface area contributed by atoms with Gasteiger partial charge in [-0.1, -0.05) is 36.4 Å². The molecule has 142 valence electrons. The minimum Gasteiger partial charge on any atom is -0.505 e. The first kappa shape index (κ1) is 19.1. The van der Waals surface area contributed by atoms with Crippen LogP contribution < -0.4 is 0 Å². The van der Waals surface area contributed by atoms with Gasteiger partial charge in [0.2, 0.25) is 5.75 Å². The Hall–Kier alpha value is -3.67. The van der Waals surface area contributed by atoms with Gasteiger partial charge in [0.25, 0.3) is 0 Å². The van der Waals surface area contributed by atoms with Gasteiger partial charge in [0.1, 0.15) is 11.4 Å². The van der Waals surface area contributed by atoms with E-state index in [1.165, 1.54) is 12.3 Å². The van der Waals surface area contributed by atoms with Crippen LogP contribution in [-0.4, -0.2) is 21.4 Å². The van der Waals surface area contributed by atoms with Gasteiger partial charge >= 0.3 is 5.69 Å². The lowest BCUT2D eigenvalue weighted by molar-refractivity contribution is -0.385. The Morgan fingerprint density at radius 3 is 2.39 bits per heavy atom. The van der Waals surface area contributed by atoms with Crippen molar-refractivity contribution in [2.45, 2.75) is 20.3 Å². The Bertz CT molecular complexity index is 1060. The average Bonchev–Trinajstić information content (AvgIpc) is 2.66. The largest absolute Gasteiger partial charge is 0.505 e. The lowest BCUT2D eigenvalue weighted by atomic mass is 10.0. The molecule has 0 atom stereocenters. The number of rotatable bonds is 5. The van der Waals surface area contributed by atoms with Crippen molar-refractivity contribution in [1.82, 2.24) is 0 Å². The van der Waals surface area contributed by atoms with Crippen LogP contribution in [0, 0.1) is 24.0 Å². The van der Waals surface area contributed by atoms with Crippen LogP contribution in [0.15, 0.2) is 59.6 Å². The predicted molar refractivity (Wildman–Crippen MR) is 109 cm³/mol. The Morgan fingerprint density at radius 2 is 1.71 bits per heavy atom. The smallest absolute Gasteiger partial charge is 0.311 e. The SMILES string of the molecule is Cc1cc(C)c(O)c(N=Cc2cc(Cc3ccccc3)cc([N+](=O)[O-])c2O)c1. The van der Waals surface area contributed by atoms with Crippen LogP contribution in [0.25, 0.3) is 0 Å². The van der Waals surface area contributed by atoms with Crippen molar-refractivity contribution in [1.29, 1.82) is 0 Å². The summed E-state index contributed by atoms with van der Waals surface area (Å²) in [7, 11) is 0. The van der Waals surface area contributed by atoms with E-state index in [-0.39, 0.29) is 17.0 Å². The molecule has 0 aliphatic carbocycles. The molecule has 0 aromatic heterocycles. The molecule has 6 nitrogen and oxygen atoms in total. The van der Waals surface area contributed by atoms with Crippen LogP contribution in [-0.2, 0) is 6.42 Å². The van der Waals surface area contributed by atoms with E-state index in [1.54, 1.807) is 19.1 Å². The minimum atomic E-state index is -0.616. The molecule has 0 fully saturated rings. The molecule has 3 aromatic rings. The third-order valence-corrected chi connectivity index (χ3v) is 4.39. The average molecular weight is 376 g/mol. The third-order valence-electron chi connectivity index (χ3n) is 4.39. The van der Waals surface area contributed by atoms with Crippen LogP contribution in [0.2, 0.25) is 0 Å². The molecule has 3 aromatic carbocycles. The van der Waals surface area contributed by atoms with Gasteiger partial charge in [-0.25, -0.2) is 0 Å². The Morgan fingerprint density at radius 1 is 1.00 bits per heavy atom. The molecule has 0 radical (unpaired) electrons. The second-order valence-corrected chi connectivity index (χ2v) is 6.68. The summed E-state index contributed by atoms with van der Waals surface area (Å²) >= 11 is 0. The maximum absolute atomic E-state index is 11.4. The van der Waals surface area contributed by atoms with Gasteiger partial charge in [-0.2, -0.15) is 0 Å². The van der Waals surface area contributed by atoms with Crippen LogP contribution in [0.3, 0.4) is 0 Å². The van der Waals surface area contributed by atoms with Gasteiger partial charge in [-0.3, -0.25) is 15.1 Å². The third kappa shape index (κ3) is 4.17. The molecular formula is C22H20N2O4. The normalized spacial score (nSPS) is 11.1. The van der Waals surface area contributed by atoms with Crippen molar-refractivity contribution >= 4 is 17.6 Å². The number of aliphatic imine (C=N–C) groups is 1. The number of aryl methyl sites for hydroxylation is 2. The Balaban J connectivity index is 2.03. The highest BCUT2D eigenvalue weighted by Crippen LogP contribution is 2.34. The number of hydrogen-bond acceptors (Lipinski definition) is 5. The van der Waals surface area contributed by atoms with E-state index in [2.05, 4.69) is 4.99 Å². The number of phenols is 2. The highest BCUT2D eigenvalue weighted by atomic mass is 16.6. The van der Waals surface area contributed by atoms with E-state index in [0.29, 0.717) is 23.2 Å². The number of benzene rings is 3. The van der Waals surface area contributed by atoms with E-state index in [0.717, 1.165) is 11.1 Å². The molecule has 0 saturated carbocycles. The maximum atomic E-state index is 11.4. The van der Waals surface area contributed by atoms with Gasteiger partial charge in [0.15, 0.2) is 0 Å².